The first-order valence-corrected chi connectivity index (χ1v) is 10.7. The molecule has 0 saturated carbocycles. The van der Waals surface area contributed by atoms with Crippen LogP contribution < -0.4 is 5.32 Å². The molecule has 5 heteroatoms. The summed E-state index contributed by atoms with van der Waals surface area (Å²) in [5.41, 5.74) is 5.20. The fraction of sp³-hybridized carbons (Fsp3) is 0.185. The molecule has 0 radical (unpaired) electrons. The van der Waals surface area contributed by atoms with Crippen molar-refractivity contribution in [3.05, 3.63) is 96.1 Å². The van der Waals surface area contributed by atoms with Crippen LogP contribution in [0.1, 0.15) is 17.5 Å². The van der Waals surface area contributed by atoms with E-state index in [9.17, 15) is 9.59 Å². The fourth-order valence-electron chi connectivity index (χ4n) is 4.00. The molecule has 0 aliphatic rings. The monoisotopic (exact) mass is 426 g/mol. The summed E-state index contributed by atoms with van der Waals surface area (Å²) in [7, 11) is 1.34. The summed E-state index contributed by atoms with van der Waals surface area (Å²) in [4.78, 5) is 28.6. The number of rotatable bonds is 8. The second-order valence-electron chi connectivity index (χ2n) is 7.72. The third-order valence-electron chi connectivity index (χ3n) is 5.58. The standard InChI is InChI=1S/C27H26N2O3/c1-32-27(31)24(18-19-10-4-2-5-11-19)28-25(30)17-16-22-21-14-8-9-15-23(21)29-26(22)20-12-6-3-7-13-20/h2-15,24,29H,16-18H2,1H3,(H,28,30)/t24-/m0/s1. The Morgan fingerprint density at radius 2 is 1.56 bits per heavy atom. The van der Waals surface area contributed by atoms with Crippen LogP contribution in [0.2, 0.25) is 0 Å². The number of fused-ring (bicyclic) bond motifs is 1. The first-order valence-electron chi connectivity index (χ1n) is 10.7. The van der Waals surface area contributed by atoms with E-state index in [1.807, 2.05) is 66.7 Å². The SMILES string of the molecule is COC(=O)[C@H](Cc1ccccc1)NC(=O)CCc1c(-c2ccccc2)[nH]c2ccccc12. The molecule has 1 heterocycles. The van der Waals surface area contributed by atoms with Crippen molar-refractivity contribution >= 4 is 22.8 Å². The number of carbonyl (C=O) groups is 2. The van der Waals surface area contributed by atoms with Crippen LogP contribution in [0.4, 0.5) is 0 Å². The number of aryl methyl sites for hydroxylation is 1. The number of ether oxygens (including phenoxy) is 1. The van der Waals surface area contributed by atoms with Gasteiger partial charge in [0.05, 0.1) is 7.11 Å². The Kier molecular flexibility index (Phi) is 6.66. The van der Waals surface area contributed by atoms with Gasteiger partial charge in [-0.1, -0.05) is 78.9 Å². The van der Waals surface area contributed by atoms with E-state index >= 15 is 0 Å². The van der Waals surface area contributed by atoms with Gasteiger partial charge in [0.15, 0.2) is 0 Å². The van der Waals surface area contributed by atoms with Crippen molar-refractivity contribution in [1.82, 2.24) is 10.3 Å². The summed E-state index contributed by atoms with van der Waals surface area (Å²) in [6, 6.07) is 27.1. The van der Waals surface area contributed by atoms with Crippen molar-refractivity contribution in [3.8, 4) is 11.3 Å². The summed E-state index contributed by atoms with van der Waals surface area (Å²) in [5, 5.41) is 3.97. The minimum Gasteiger partial charge on any atom is -0.467 e. The number of hydrogen-bond acceptors (Lipinski definition) is 3. The van der Waals surface area contributed by atoms with Gasteiger partial charge >= 0.3 is 5.97 Å². The van der Waals surface area contributed by atoms with E-state index in [1.54, 1.807) is 0 Å². The topological polar surface area (TPSA) is 71.2 Å². The molecule has 1 amide bonds. The Bertz CT molecular complexity index is 1200. The van der Waals surface area contributed by atoms with E-state index in [0.717, 1.165) is 33.3 Å². The Morgan fingerprint density at radius 1 is 0.906 bits per heavy atom. The largest absolute Gasteiger partial charge is 0.467 e. The molecule has 5 nitrogen and oxygen atoms in total. The number of nitrogens with one attached hydrogen (secondary N) is 2. The molecule has 3 aromatic carbocycles. The molecule has 0 aliphatic carbocycles. The van der Waals surface area contributed by atoms with Crippen molar-refractivity contribution in [2.45, 2.75) is 25.3 Å². The molecule has 32 heavy (non-hydrogen) atoms. The molecule has 0 unspecified atom stereocenters. The number of methoxy groups -OCH3 is 1. The zero-order valence-electron chi connectivity index (χ0n) is 18.0. The third-order valence-corrected chi connectivity index (χ3v) is 5.58. The fourth-order valence-corrected chi connectivity index (χ4v) is 4.00. The summed E-state index contributed by atoms with van der Waals surface area (Å²) < 4.78 is 4.91. The highest BCUT2D eigenvalue weighted by atomic mass is 16.5. The first-order chi connectivity index (χ1) is 15.7. The number of aromatic nitrogens is 1. The maximum Gasteiger partial charge on any atom is 0.328 e. The summed E-state index contributed by atoms with van der Waals surface area (Å²) in [5.74, 6) is -0.625. The lowest BCUT2D eigenvalue weighted by molar-refractivity contribution is -0.145. The predicted molar refractivity (Wildman–Crippen MR) is 126 cm³/mol. The van der Waals surface area contributed by atoms with Crippen LogP contribution in [0.3, 0.4) is 0 Å². The van der Waals surface area contributed by atoms with Crippen molar-refractivity contribution in [2.24, 2.45) is 0 Å². The number of esters is 1. The molecule has 0 aliphatic heterocycles. The highest BCUT2D eigenvalue weighted by Crippen LogP contribution is 2.31. The normalized spacial score (nSPS) is 11.8. The summed E-state index contributed by atoms with van der Waals surface area (Å²) in [6.07, 6.45) is 1.21. The number of hydrogen-bond donors (Lipinski definition) is 2. The second-order valence-corrected chi connectivity index (χ2v) is 7.72. The van der Waals surface area contributed by atoms with E-state index in [1.165, 1.54) is 7.11 Å². The van der Waals surface area contributed by atoms with Gasteiger partial charge in [-0.15, -0.1) is 0 Å². The van der Waals surface area contributed by atoms with Crippen LogP contribution in [-0.2, 0) is 27.2 Å². The smallest absolute Gasteiger partial charge is 0.328 e. The van der Waals surface area contributed by atoms with Crippen molar-refractivity contribution in [2.75, 3.05) is 7.11 Å². The first kappa shape index (κ1) is 21.4. The quantitative estimate of drug-likeness (QED) is 0.402. The lowest BCUT2D eigenvalue weighted by Crippen LogP contribution is -2.43. The van der Waals surface area contributed by atoms with Crippen molar-refractivity contribution in [3.63, 3.8) is 0 Å². The van der Waals surface area contributed by atoms with E-state index < -0.39 is 12.0 Å². The molecular formula is C27H26N2O3. The molecule has 1 aromatic heterocycles. The zero-order chi connectivity index (χ0) is 22.3. The number of carbonyl (C=O) groups excluding carboxylic acids is 2. The third kappa shape index (κ3) is 4.89. The van der Waals surface area contributed by atoms with Crippen LogP contribution in [0.15, 0.2) is 84.9 Å². The molecular weight excluding hydrogens is 400 g/mol. The average Bonchev–Trinajstić information content (AvgIpc) is 3.21. The van der Waals surface area contributed by atoms with Crippen molar-refractivity contribution in [1.29, 1.82) is 0 Å². The molecule has 162 valence electrons. The van der Waals surface area contributed by atoms with Gasteiger partial charge < -0.3 is 15.0 Å². The number of para-hydroxylation sites is 1. The van der Waals surface area contributed by atoms with Gasteiger partial charge in [0.1, 0.15) is 6.04 Å². The molecule has 4 aromatic rings. The summed E-state index contributed by atoms with van der Waals surface area (Å²) >= 11 is 0. The van der Waals surface area contributed by atoms with E-state index in [4.69, 9.17) is 4.74 Å². The second kappa shape index (κ2) is 9.96. The number of benzene rings is 3. The molecule has 2 N–H and O–H groups in total. The molecule has 0 spiro atoms. The Balaban J connectivity index is 1.51. The maximum absolute atomic E-state index is 12.8. The predicted octanol–water partition coefficient (Wildman–Crippen LogP) is 4.67. The number of amides is 1. The zero-order valence-corrected chi connectivity index (χ0v) is 18.0. The van der Waals surface area contributed by atoms with Gasteiger partial charge in [-0.25, -0.2) is 4.79 Å². The summed E-state index contributed by atoms with van der Waals surface area (Å²) in [6.45, 7) is 0. The van der Waals surface area contributed by atoms with Gasteiger partial charge in [0, 0.05) is 29.4 Å². The highest BCUT2D eigenvalue weighted by molar-refractivity contribution is 5.91. The molecule has 4 rings (SSSR count). The average molecular weight is 427 g/mol. The van der Waals surface area contributed by atoms with Crippen LogP contribution >= 0.6 is 0 Å². The minimum absolute atomic E-state index is 0.180. The maximum atomic E-state index is 12.8. The number of H-pyrrole nitrogens is 1. The van der Waals surface area contributed by atoms with Gasteiger partial charge in [-0.2, -0.15) is 0 Å². The Labute approximate surface area is 187 Å². The van der Waals surface area contributed by atoms with Crippen LogP contribution in [0.25, 0.3) is 22.2 Å². The van der Waals surface area contributed by atoms with Gasteiger partial charge in [0.2, 0.25) is 5.91 Å². The van der Waals surface area contributed by atoms with Crippen molar-refractivity contribution < 1.29 is 14.3 Å². The van der Waals surface area contributed by atoms with Crippen LogP contribution in [0, 0.1) is 0 Å². The highest BCUT2D eigenvalue weighted by Gasteiger charge is 2.22. The van der Waals surface area contributed by atoms with E-state index in [-0.39, 0.29) is 12.3 Å². The lowest BCUT2D eigenvalue weighted by Gasteiger charge is -2.17. The van der Waals surface area contributed by atoms with Gasteiger partial charge in [0.25, 0.3) is 0 Å². The van der Waals surface area contributed by atoms with E-state index in [0.29, 0.717) is 12.8 Å². The van der Waals surface area contributed by atoms with E-state index in [2.05, 4.69) is 28.5 Å². The minimum atomic E-state index is -0.716. The lowest BCUT2D eigenvalue weighted by atomic mass is 10.0. The van der Waals surface area contributed by atoms with Gasteiger partial charge in [-0.3, -0.25) is 4.79 Å². The number of aromatic amines is 1. The molecule has 0 fully saturated rings. The molecule has 0 saturated heterocycles. The Hall–Kier alpha value is -3.86. The van der Waals surface area contributed by atoms with Crippen LogP contribution in [-0.4, -0.2) is 30.0 Å². The Morgan fingerprint density at radius 3 is 2.28 bits per heavy atom. The molecule has 0 bridgehead atoms. The van der Waals surface area contributed by atoms with Crippen LogP contribution in [0.5, 0.6) is 0 Å². The van der Waals surface area contributed by atoms with Gasteiger partial charge in [-0.05, 0) is 29.2 Å². The molecule has 1 atom stereocenters.